The number of aliphatic hydroxyl groups is 1. The molecule has 0 aromatic heterocycles. The highest BCUT2D eigenvalue weighted by Gasteiger charge is 2.32. The van der Waals surface area contributed by atoms with Crippen LogP contribution in [0.15, 0.2) is 18.2 Å². The van der Waals surface area contributed by atoms with Crippen LogP contribution in [0.4, 0.5) is 4.39 Å². The number of halogens is 1. The van der Waals surface area contributed by atoms with Gasteiger partial charge in [0.25, 0.3) is 0 Å². The number of rotatable bonds is 4. The predicted octanol–water partition coefficient (Wildman–Crippen LogP) is 1.78. The van der Waals surface area contributed by atoms with Crippen molar-refractivity contribution in [3.8, 4) is 5.75 Å². The maximum atomic E-state index is 13.7. The average Bonchev–Trinajstić information content (AvgIpc) is 2.27. The van der Waals surface area contributed by atoms with Gasteiger partial charge < -0.3 is 15.6 Å². The lowest BCUT2D eigenvalue weighted by Gasteiger charge is -2.30. The van der Waals surface area contributed by atoms with Gasteiger partial charge in [0.15, 0.2) is 0 Å². The molecule has 0 aliphatic heterocycles. The standard InChI is InChI=1S/C12H18FNO2/c1-4-11(14)12(2,15)9-6-5-8(16-3)7-10(9)13/h5-7,11,15H,4,14H2,1-3H3. The van der Waals surface area contributed by atoms with Gasteiger partial charge in [0.1, 0.15) is 17.2 Å². The normalized spacial score (nSPS) is 16.6. The van der Waals surface area contributed by atoms with E-state index in [0.29, 0.717) is 12.2 Å². The molecule has 0 radical (unpaired) electrons. The molecule has 0 aliphatic carbocycles. The number of benzene rings is 1. The summed E-state index contributed by atoms with van der Waals surface area (Å²) in [6.07, 6.45) is 0.568. The maximum absolute atomic E-state index is 13.7. The zero-order valence-corrected chi connectivity index (χ0v) is 9.83. The minimum atomic E-state index is -1.37. The van der Waals surface area contributed by atoms with E-state index in [9.17, 15) is 9.50 Å². The van der Waals surface area contributed by atoms with Crippen molar-refractivity contribution < 1.29 is 14.2 Å². The Kier molecular flexibility index (Phi) is 3.88. The summed E-state index contributed by atoms with van der Waals surface area (Å²) in [6.45, 7) is 3.37. The van der Waals surface area contributed by atoms with Gasteiger partial charge >= 0.3 is 0 Å². The SMILES string of the molecule is CCC(N)C(C)(O)c1ccc(OC)cc1F. The molecule has 4 heteroatoms. The topological polar surface area (TPSA) is 55.5 Å². The van der Waals surface area contributed by atoms with Crippen molar-refractivity contribution in [3.05, 3.63) is 29.6 Å². The fraction of sp³-hybridized carbons (Fsp3) is 0.500. The zero-order valence-electron chi connectivity index (χ0n) is 9.83. The Balaban J connectivity index is 3.13. The van der Waals surface area contributed by atoms with E-state index < -0.39 is 17.5 Å². The van der Waals surface area contributed by atoms with Crippen molar-refractivity contribution in [1.29, 1.82) is 0 Å². The highest BCUT2D eigenvalue weighted by molar-refractivity contribution is 5.33. The van der Waals surface area contributed by atoms with E-state index in [1.54, 1.807) is 6.07 Å². The smallest absolute Gasteiger partial charge is 0.133 e. The van der Waals surface area contributed by atoms with Gasteiger partial charge in [-0.1, -0.05) is 6.92 Å². The Bertz CT molecular complexity index is 366. The molecule has 0 bridgehead atoms. The second-order valence-corrected chi connectivity index (χ2v) is 4.01. The number of nitrogens with two attached hydrogens (primary N) is 1. The van der Waals surface area contributed by atoms with Crippen LogP contribution in [0.3, 0.4) is 0 Å². The van der Waals surface area contributed by atoms with E-state index in [2.05, 4.69) is 0 Å². The first-order chi connectivity index (χ1) is 7.43. The monoisotopic (exact) mass is 227 g/mol. The Morgan fingerprint density at radius 2 is 2.19 bits per heavy atom. The van der Waals surface area contributed by atoms with Gasteiger partial charge in [0, 0.05) is 17.7 Å². The Morgan fingerprint density at radius 1 is 1.56 bits per heavy atom. The quantitative estimate of drug-likeness (QED) is 0.824. The van der Waals surface area contributed by atoms with Gasteiger partial charge in [-0.15, -0.1) is 0 Å². The van der Waals surface area contributed by atoms with Gasteiger partial charge in [0.2, 0.25) is 0 Å². The number of hydrogen-bond donors (Lipinski definition) is 2. The van der Waals surface area contributed by atoms with E-state index in [1.165, 1.54) is 26.2 Å². The van der Waals surface area contributed by atoms with Crippen molar-refractivity contribution in [2.45, 2.75) is 31.9 Å². The van der Waals surface area contributed by atoms with Crippen LogP contribution < -0.4 is 10.5 Å². The molecule has 0 saturated carbocycles. The summed E-state index contributed by atoms with van der Waals surface area (Å²) in [5.41, 5.74) is 4.60. The molecule has 3 nitrogen and oxygen atoms in total. The largest absolute Gasteiger partial charge is 0.497 e. The summed E-state index contributed by atoms with van der Waals surface area (Å²) in [6, 6.07) is 3.85. The maximum Gasteiger partial charge on any atom is 0.133 e. The van der Waals surface area contributed by atoms with E-state index in [4.69, 9.17) is 10.5 Å². The van der Waals surface area contributed by atoms with Crippen LogP contribution in [0.5, 0.6) is 5.75 Å². The Morgan fingerprint density at radius 3 is 2.62 bits per heavy atom. The van der Waals surface area contributed by atoms with Crippen LogP contribution in [0.25, 0.3) is 0 Å². The van der Waals surface area contributed by atoms with E-state index in [-0.39, 0.29) is 5.56 Å². The number of hydrogen-bond acceptors (Lipinski definition) is 3. The third-order valence-corrected chi connectivity index (χ3v) is 2.88. The summed E-state index contributed by atoms with van der Waals surface area (Å²) >= 11 is 0. The molecule has 0 fully saturated rings. The van der Waals surface area contributed by atoms with Crippen LogP contribution in [0.2, 0.25) is 0 Å². The van der Waals surface area contributed by atoms with E-state index in [0.717, 1.165) is 0 Å². The van der Waals surface area contributed by atoms with Crippen LogP contribution in [0, 0.1) is 5.82 Å². The van der Waals surface area contributed by atoms with Crippen molar-refractivity contribution in [2.24, 2.45) is 5.73 Å². The molecule has 0 heterocycles. The third kappa shape index (κ3) is 2.33. The van der Waals surface area contributed by atoms with E-state index in [1.807, 2.05) is 6.92 Å². The highest BCUT2D eigenvalue weighted by atomic mass is 19.1. The van der Waals surface area contributed by atoms with Crippen molar-refractivity contribution >= 4 is 0 Å². The van der Waals surface area contributed by atoms with Gasteiger partial charge in [0.05, 0.1) is 7.11 Å². The number of methoxy groups -OCH3 is 1. The molecule has 0 saturated heterocycles. The molecule has 1 rings (SSSR count). The minimum Gasteiger partial charge on any atom is -0.497 e. The fourth-order valence-electron chi connectivity index (χ4n) is 1.63. The lowest BCUT2D eigenvalue weighted by Crippen LogP contribution is -2.43. The summed E-state index contributed by atoms with van der Waals surface area (Å²) < 4.78 is 18.6. The molecule has 90 valence electrons. The zero-order chi connectivity index (χ0) is 12.3. The molecule has 2 atom stereocenters. The summed E-state index contributed by atoms with van der Waals surface area (Å²) in [7, 11) is 1.46. The molecule has 0 aliphatic rings. The van der Waals surface area contributed by atoms with E-state index >= 15 is 0 Å². The van der Waals surface area contributed by atoms with Crippen molar-refractivity contribution in [2.75, 3.05) is 7.11 Å². The van der Waals surface area contributed by atoms with Crippen LogP contribution in [-0.2, 0) is 5.60 Å². The van der Waals surface area contributed by atoms with Gasteiger partial charge in [-0.25, -0.2) is 4.39 Å². The van der Waals surface area contributed by atoms with Gasteiger partial charge in [-0.05, 0) is 25.5 Å². The average molecular weight is 227 g/mol. The van der Waals surface area contributed by atoms with Crippen LogP contribution in [0.1, 0.15) is 25.8 Å². The summed E-state index contributed by atoms with van der Waals surface area (Å²) in [4.78, 5) is 0. The second-order valence-electron chi connectivity index (χ2n) is 4.01. The minimum absolute atomic E-state index is 0.197. The first-order valence-electron chi connectivity index (χ1n) is 5.25. The lowest BCUT2D eigenvalue weighted by atomic mass is 9.87. The Hall–Kier alpha value is -1.13. The first kappa shape index (κ1) is 12.9. The van der Waals surface area contributed by atoms with Gasteiger partial charge in [-0.2, -0.15) is 0 Å². The summed E-state index contributed by atoms with van der Waals surface area (Å²) in [5.74, 6) is -0.0876. The molecule has 2 unspecified atom stereocenters. The molecule has 0 spiro atoms. The molecular weight excluding hydrogens is 209 g/mol. The predicted molar refractivity (Wildman–Crippen MR) is 60.8 cm³/mol. The lowest BCUT2D eigenvalue weighted by molar-refractivity contribution is 0.0242. The van der Waals surface area contributed by atoms with Crippen molar-refractivity contribution in [3.63, 3.8) is 0 Å². The molecule has 0 amide bonds. The molecular formula is C12H18FNO2. The fourth-order valence-corrected chi connectivity index (χ4v) is 1.63. The third-order valence-electron chi connectivity index (χ3n) is 2.88. The molecule has 16 heavy (non-hydrogen) atoms. The molecule has 1 aromatic rings. The van der Waals surface area contributed by atoms with Crippen LogP contribution in [-0.4, -0.2) is 18.3 Å². The summed E-state index contributed by atoms with van der Waals surface area (Å²) in [5, 5.41) is 10.2. The second kappa shape index (κ2) is 4.80. The van der Waals surface area contributed by atoms with Crippen LogP contribution >= 0.6 is 0 Å². The molecule has 3 N–H and O–H groups in total. The van der Waals surface area contributed by atoms with Crippen molar-refractivity contribution in [1.82, 2.24) is 0 Å². The van der Waals surface area contributed by atoms with Gasteiger partial charge in [-0.3, -0.25) is 0 Å². The Labute approximate surface area is 95.0 Å². The number of ether oxygens (including phenoxy) is 1. The highest BCUT2D eigenvalue weighted by Crippen LogP contribution is 2.29. The first-order valence-corrected chi connectivity index (χ1v) is 5.25. The molecule has 1 aromatic carbocycles.